The first-order chi connectivity index (χ1) is 9.13. The number of rotatable bonds is 4. The smallest absolute Gasteiger partial charge is 0.263 e. The molecule has 1 aromatic carbocycles. The molecule has 0 bridgehead atoms. The topological polar surface area (TPSA) is 111 Å². The van der Waals surface area contributed by atoms with E-state index in [4.69, 9.17) is 5.73 Å². The molecule has 9 heteroatoms. The first-order valence-corrected chi connectivity index (χ1v) is 6.03. The number of aromatic nitrogens is 4. The average Bonchev–Trinajstić information content (AvgIpc) is 2.75. The molecule has 0 radical (unpaired) electrons. The number of nitrogens with one attached hydrogen (secondary N) is 1. The molecule has 0 aliphatic heterocycles. The van der Waals surface area contributed by atoms with Gasteiger partial charge in [-0.2, -0.15) is 9.90 Å². The molecule has 0 aliphatic carbocycles. The number of anilines is 1. The fourth-order valence-electron chi connectivity index (χ4n) is 1.25. The number of nitrogen functional groups attached to an aromatic ring is 1. The summed E-state index contributed by atoms with van der Waals surface area (Å²) in [5.41, 5.74) is 8.49. The molecule has 0 aliphatic rings. The summed E-state index contributed by atoms with van der Waals surface area (Å²) in [4.78, 5) is 12.6. The molecule has 2 rings (SSSR count). The zero-order chi connectivity index (χ0) is 13.7. The summed E-state index contributed by atoms with van der Waals surface area (Å²) in [5, 5.41) is 14.5. The van der Waals surface area contributed by atoms with E-state index in [1.54, 1.807) is 0 Å². The van der Waals surface area contributed by atoms with E-state index in [0.717, 1.165) is 14.8 Å². The Morgan fingerprint density at radius 3 is 3.11 bits per heavy atom. The highest BCUT2D eigenvalue weighted by Crippen LogP contribution is 2.09. The Labute approximate surface area is 116 Å². The Morgan fingerprint density at radius 2 is 2.42 bits per heavy atom. The number of carbonyl (C=O) groups is 1. The standard InChI is InChI=1S/C10H10BrN7O/c11-8-3-1-2-7(4-8)5-13-14-9(19)6-18-16-10(12)15-17-18/h1-5H,6H2,(H2,12,16)(H,14,19). The summed E-state index contributed by atoms with van der Waals surface area (Å²) in [6, 6.07) is 7.50. The predicted octanol–water partition coefficient (Wildman–Crippen LogP) is 0.168. The molecular formula is C10H10BrN7O. The van der Waals surface area contributed by atoms with Crippen LogP contribution in [0.5, 0.6) is 0 Å². The average molecular weight is 324 g/mol. The van der Waals surface area contributed by atoms with Crippen LogP contribution < -0.4 is 11.2 Å². The van der Waals surface area contributed by atoms with Crippen LogP contribution in [0.4, 0.5) is 5.95 Å². The van der Waals surface area contributed by atoms with Crippen LogP contribution in [0.15, 0.2) is 33.8 Å². The van der Waals surface area contributed by atoms with Crippen LogP contribution in [0.3, 0.4) is 0 Å². The Balaban J connectivity index is 1.86. The van der Waals surface area contributed by atoms with Gasteiger partial charge in [-0.05, 0) is 22.9 Å². The van der Waals surface area contributed by atoms with Gasteiger partial charge in [-0.25, -0.2) is 5.43 Å². The van der Waals surface area contributed by atoms with Gasteiger partial charge in [0.05, 0.1) is 6.21 Å². The minimum absolute atomic E-state index is 0.0189. The van der Waals surface area contributed by atoms with Crippen LogP contribution in [-0.2, 0) is 11.3 Å². The van der Waals surface area contributed by atoms with Gasteiger partial charge in [0.15, 0.2) is 0 Å². The molecule has 19 heavy (non-hydrogen) atoms. The lowest BCUT2D eigenvalue weighted by Gasteiger charge is -1.98. The Morgan fingerprint density at radius 1 is 1.58 bits per heavy atom. The minimum atomic E-state index is -0.372. The third-order valence-corrected chi connectivity index (χ3v) is 2.50. The van der Waals surface area contributed by atoms with Gasteiger partial charge in [-0.3, -0.25) is 4.79 Å². The van der Waals surface area contributed by atoms with E-state index in [-0.39, 0.29) is 18.4 Å². The van der Waals surface area contributed by atoms with E-state index in [1.165, 1.54) is 6.21 Å². The van der Waals surface area contributed by atoms with Crippen molar-refractivity contribution >= 4 is 34.0 Å². The highest BCUT2D eigenvalue weighted by molar-refractivity contribution is 9.10. The van der Waals surface area contributed by atoms with E-state index in [9.17, 15) is 4.79 Å². The number of nitrogens with zero attached hydrogens (tertiary/aromatic N) is 5. The maximum Gasteiger partial charge on any atom is 0.263 e. The highest BCUT2D eigenvalue weighted by atomic mass is 79.9. The number of benzene rings is 1. The van der Waals surface area contributed by atoms with Gasteiger partial charge in [0, 0.05) is 4.47 Å². The van der Waals surface area contributed by atoms with Gasteiger partial charge in [0.1, 0.15) is 6.54 Å². The first-order valence-electron chi connectivity index (χ1n) is 5.24. The van der Waals surface area contributed by atoms with Crippen molar-refractivity contribution in [1.29, 1.82) is 0 Å². The van der Waals surface area contributed by atoms with Gasteiger partial charge in [-0.15, -0.1) is 5.10 Å². The van der Waals surface area contributed by atoms with Gasteiger partial charge in [-0.1, -0.05) is 33.2 Å². The normalized spacial score (nSPS) is 10.8. The van der Waals surface area contributed by atoms with E-state index < -0.39 is 0 Å². The van der Waals surface area contributed by atoms with E-state index in [0.29, 0.717) is 0 Å². The second-order valence-corrected chi connectivity index (χ2v) is 4.44. The zero-order valence-electron chi connectivity index (χ0n) is 9.69. The highest BCUT2D eigenvalue weighted by Gasteiger charge is 2.04. The van der Waals surface area contributed by atoms with Crippen molar-refractivity contribution < 1.29 is 4.79 Å². The minimum Gasteiger partial charge on any atom is -0.365 e. The van der Waals surface area contributed by atoms with E-state index in [1.807, 2.05) is 24.3 Å². The third kappa shape index (κ3) is 4.14. The summed E-state index contributed by atoms with van der Waals surface area (Å²) < 4.78 is 0.935. The van der Waals surface area contributed by atoms with Crippen molar-refractivity contribution in [3.8, 4) is 0 Å². The molecule has 2 aromatic rings. The van der Waals surface area contributed by atoms with Crippen molar-refractivity contribution in [1.82, 2.24) is 25.6 Å². The number of halogens is 1. The predicted molar refractivity (Wildman–Crippen MR) is 72.1 cm³/mol. The molecule has 0 fully saturated rings. The number of hydrogen-bond acceptors (Lipinski definition) is 6. The lowest BCUT2D eigenvalue weighted by Crippen LogP contribution is -2.24. The Bertz CT molecular complexity index is 609. The molecule has 1 heterocycles. The van der Waals surface area contributed by atoms with Gasteiger partial charge in [0.25, 0.3) is 11.9 Å². The Kier molecular flexibility index (Phi) is 4.18. The number of nitrogens with two attached hydrogens (primary N) is 1. The third-order valence-electron chi connectivity index (χ3n) is 2.00. The number of carbonyl (C=O) groups excluding carboxylic acids is 1. The molecule has 0 saturated carbocycles. The van der Waals surface area contributed by atoms with E-state index >= 15 is 0 Å². The fraction of sp³-hybridized carbons (Fsp3) is 0.100. The van der Waals surface area contributed by atoms with Crippen LogP contribution in [0.2, 0.25) is 0 Å². The summed E-state index contributed by atoms with van der Waals surface area (Å²) >= 11 is 3.34. The first kappa shape index (κ1) is 13.1. The maximum absolute atomic E-state index is 11.5. The molecule has 0 atom stereocenters. The summed E-state index contributed by atoms with van der Waals surface area (Å²) in [6.45, 7) is -0.0972. The Hall–Kier alpha value is -2.29. The summed E-state index contributed by atoms with van der Waals surface area (Å²) in [5.74, 6) is -0.353. The van der Waals surface area contributed by atoms with Crippen LogP contribution in [0.1, 0.15) is 5.56 Å². The SMILES string of the molecule is Nc1nnn(CC(=O)NN=Cc2cccc(Br)c2)n1. The molecule has 0 spiro atoms. The molecule has 0 unspecified atom stereocenters. The lowest BCUT2D eigenvalue weighted by molar-refractivity contribution is -0.122. The largest absolute Gasteiger partial charge is 0.365 e. The number of amides is 1. The molecule has 0 saturated heterocycles. The number of hydrazone groups is 1. The van der Waals surface area contributed by atoms with Crippen LogP contribution in [0.25, 0.3) is 0 Å². The monoisotopic (exact) mass is 323 g/mol. The van der Waals surface area contributed by atoms with Crippen molar-refractivity contribution in [2.75, 3.05) is 5.73 Å². The maximum atomic E-state index is 11.5. The second-order valence-electron chi connectivity index (χ2n) is 3.53. The van der Waals surface area contributed by atoms with Crippen molar-refractivity contribution in [3.63, 3.8) is 0 Å². The number of hydrogen-bond donors (Lipinski definition) is 2. The van der Waals surface area contributed by atoms with Crippen LogP contribution in [0, 0.1) is 0 Å². The molecule has 98 valence electrons. The molecule has 1 aromatic heterocycles. The molecule has 1 amide bonds. The van der Waals surface area contributed by atoms with Crippen molar-refractivity contribution in [2.45, 2.75) is 6.54 Å². The van der Waals surface area contributed by atoms with Crippen LogP contribution >= 0.6 is 15.9 Å². The zero-order valence-corrected chi connectivity index (χ0v) is 11.3. The number of tetrazole rings is 1. The fourth-order valence-corrected chi connectivity index (χ4v) is 1.67. The molecule has 3 N–H and O–H groups in total. The molecular weight excluding hydrogens is 314 g/mol. The summed E-state index contributed by atoms with van der Waals surface area (Å²) in [6.07, 6.45) is 1.53. The van der Waals surface area contributed by atoms with Crippen LogP contribution in [-0.4, -0.2) is 32.3 Å². The lowest BCUT2D eigenvalue weighted by atomic mass is 10.2. The summed E-state index contributed by atoms with van der Waals surface area (Å²) in [7, 11) is 0. The van der Waals surface area contributed by atoms with E-state index in [2.05, 4.69) is 41.9 Å². The van der Waals surface area contributed by atoms with Gasteiger partial charge >= 0.3 is 0 Å². The molecule has 8 nitrogen and oxygen atoms in total. The van der Waals surface area contributed by atoms with Crippen molar-refractivity contribution in [2.24, 2.45) is 5.10 Å². The van der Waals surface area contributed by atoms with Gasteiger partial charge in [0.2, 0.25) is 0 Å². The van der Waals surface area contributed by atoms with Crippen molar-refractivity contribution in [3.05, 3.63) is 34.3 Å². The second kappa shape index (κ2) is 6.05. The quantitative estimate of drug-likeness (QED) is 0.615. The van der Waals surface area contributed by atoms with Gasteiger partial charge < -0.3 is 5.73 Å².